The molecule has 27 heavy (non-hydrogen) atoms. The van der Waals surface area contributed by atoms with Gasteiger partial charge in [0.15, 0.2) is 0 Å². The first kappa shape index (κ1) is 19.0. The van der Waals surface area contributed by atoms with Crippen molar-refractivity contribution in [3.05, 3.63) is 11.6 Å². The molecule has 4 heteroatoms. The molecule has 3 saturated carbocycles. The molecule has 4 nitrogen and oxygen atoms in total. The molecule has 0 aromatic heterocycles. The smallest absolute Gasteiger partial charge is 0.302 e. The molecule has 0 saturated heterocycles. The van der Waals surface area contributed by atoms with Crippen molar-refractivity contribution >= 4 is 11.9 Å². The molecular weight excluding hydrogens is 340 g/mol. The average Bonchev–Trinajstić information content (AvgIpc) is 2.91. The van der Waals surface area contributed by atoms with E-state index in [4.69, 9.17) is 9.47 Å². The van der Waals surface area contributed by atoms with Gasteiger partial charge in [-0.1, -0.05) is 25.5 Å². The first-order valence-electron chi connectivity index (χ1n) is 10.8. The maximum absolute atomic E-state index is 11.6. The van der Waals surface area contributed by atoms with Crippen LogP contribution in [0, 0.1) is 28.6 Å². The fourth-order valence-corrected chi connectivity index (χ4v) is 7.31. The van der Waals surface area contributed by atoms with Gasteiger partial charge in [0.05, 0.1) is 0 Å². The standard InChI is InChI=1S/C23H34O4/c1-14(24)26-17-9-11-22(3)16(13-17)5-6-18-19-7-8-21(27-15(2)25)23(19,4)12-10-20(18)22/h5,17-21H,6-13H2,1-4H3/t17?,18-,19-,20+,21?,22-,23-/m0/s1. The summed E-state index contributed by atoms with van der Waals surface area (Å²) in [6, 6.07) is 0. The van der Waals surface area contributed by atoms with Gasteiger partial charge in [-0.05, 0) is 68.1 Å². The van der Waals surface area contributed by atoms with Gasteiger partial charge in [0.25, 0.3) is 0 Å². The topological polar surface area (TPSA) is 52.6 Å². The summed E-state index contributed by atoms with van der Waals surface area (Å²) in [4.78, 5) is 22.9. The van der Waals surface area contributed by atoms with Crippen molar-refractivity contribution in [1.29, 1.82) is 0 Å². The van der Waals surface area contributed by atoms with Crippen LogP contribution in [0.5, 0.6) is 0 Å². The maximum atomic E-state index is 11.6. The van der Waals surface area contributed by atoms with Crippen molar-refractivity contribution in [1.82, 2.24) is 0 Å². The second-order valence-corrected chi connectivity index (χ2v) is 9.95. The summed E-state index contributed by atoms with van der Waals surface area (Å²) in [5.41, 5.74) is 1.92. The molecule has 7 atom stereocenters. The number of carbonyl (C=O) groups excluding carboxylic acids is 2. The first-order chi connectivity index (χ1) is 12.7. The second-order valence-electron chi connectivity index (χ2n) is 9.95. The quantitative estimate of drug-likeness (QED) is 0.514. The Balaban J connectivity index is 1.55. The van der Waals surface area contributed by atoms with Crippen LogP contribution in [0.1, 0.15) is 79.1 Å². The highest BCUT2D eigenvalue weighted by Gasteiger charge is 2.59. The van der Waals surface area contributed by atoms with E-state index in [0.29, 0.717) is 17.8 Å². The van der Waals surface area contributed by atoms with E-state index in [9.17, 15) is 9.59 Å². The highest BCUT2D eigenvalue weighted by molar-refractivity contribution is 5.66. The van der Waals surface area contributed by atoms with Crippen LogP contribution in [-0.4, -0.2) is 24.1 Å². The lowest BCUT2D eigenvalue weighted by atomic mass is 9.48. The molecule has 0 spiro atoms. The van der Waals surface area contributed by atoms with Crippen molar-refractivity contribution in [2.24, 2.45) is 28.6 Å². The van der Waals surface area contributed by atoms with Crippen molar-refractivity contribution in [2.45, 2.75) is 91.3 Å². The zero-order chi connectivity index (χ0) is 19.4. The predicted octanol–water partition coefficient (Wildman–Crippen LogP) is 4.81. The van der Waals surface area contributed by atoms with Crippen molar-refractivity contribution in [3.63, 3.8) is 0 Å². The fourth-order valence-electron chi connectivity index (χ4n) is 7.31. The summed E-state index contributed by atoms with van der Waals surface area (Å²) in [5, 5.41) is 0. The molecule has 0 heterocycles. The zero-order valence-corrected chi connectivity index (χ0v) is 17.3. The van der Waals surface area contributed by atoms with E-state index < -0.39 is 0 Å². The van der Waals surface area contributed by atoms with E-state index in [2.05, 4.69) is 19.9 Å². The Kier molecular flexibility index (Phi) is 4.67. The lowest BCUT2D eigenvalue weighted by Crippen LogP contribution is -2.51. The van der Waals surface area contributed by atoms with Crippen LogP contribution in [0.4, 0.5) is 0 Å². The minimum atomic E-state index is -0.159. The lowest BCUT2D eigenvalue weighted by Gasteiger charge is -2.57. The van der Waals surface area contributed by atoms with Gasteiger partial charge in [0.2, 0.25) is 0 Å². The van der Waals surface area contributed by atoms with Crippen molar-refractivity contribution in [2.75, 3.05) is 0 Å². The van der Waals surface area contributed by atoms with Gasteiger partial charge in [-0.2, -0.15) is 0 Å². The van der Waals surface area contributed by atoms with Crippen LogP contribution in [0.15, 0.2) is 11.6 Å². The zero-order valence-electron chi connectivity index (χ0n) is 17.3. The molecule has 0 amide bonds. The Labute approximate surface area is 163 Å². The van der Waals surface area contributed by atoms with Crippen LogP contribution >= 0.6 is 0 Å². The van der Waals surface area contributed by atoms with E-state index in [-0.39, 0.29) is 35.0 Å². The van der Waals surface area contributed by atoms with E-state index in [1.54, 1.807) is 6.92 Å². The number of hydrogen-bond acceptors (Lipinski definition) is 4. The summed E-state index contributed by atoms with van der Waals surface area (Å²) in [5.74, 6) is 1.77. The fraction of sp³-hybridized carbons (Fsp3) is 0.826. The molecule has 150 valence electrons. The third-order valence-corrected chi connectivity index (χ3v) is 8.61. The normalized spacial score (nSPS) is 45.8. The van der Waals surface area contributed by atoms with Crippen molar-refractivity contribution < 1.29 is 19.1 Å². The molecule has 0 bridgehead atoms. The molecular formula is C23H34O4. The van der Waals surface area contributed by atoms with Crippen molar-refractivity contribution in [3.8, 4) is 0 Å². The Morgan fingerprint density at radius 1 is 0.963 bits per heavy atom. The SMILES string of the molecule is CC(=O)OC1CC[C@@]2(C)C(=CC[C@@H]3[C@H]2CC[C@]2(C)C(OC(C)=O)CC[C@@H]32)C1. The second kappa shape index (κ2) is 6.63. The Bertz CT molecular complexity index is 667. The molecule has 0 N–H and O–H groups in total. The molecule has 4 aliphatic carbocycles. The third-order valence-electron chi connectivity index (χ3n) is 8.61. The van der Waals surface area contributed by atoms with Gasteiger partial charge >= 0.3 is 11.9 Å². The molecule has 0 aromatic carbocycles. The van der Waals surface area contributed by atoms with Gasteiger partial charge < -0.3 is 9.47 Å². The molecule has 4 rings (SSSR count). The summed E-state index contributed by atoms with van der Waals surface area (Å²) in [6.07, 6.45) is 11.4. The average molecular weight is 375 g/mol. The Morgan fingerprint density at radius 3 is 2.41 bits per heavy atom. The largest absolute Gasteiger partial charge is 0.462 e. The molecule has 2 unspecified atom stereocenters. The summed E-state index contributed by atoms with van der Waals surface area (Å²) >= 11 is 0. The van der Waals surface area contributed by atoms with Gasteiger partial charge in [0, 0.05) is 25.7 Å². The first-order valence-corrected chi connectivity index (χ1v) is 10.8. The van der Waals surface area contributed by atoms with Gasteiger partial charge in [-0.15, -0.1) is 0 Å². The van der Waals surface area contributed by atoms with Crippen LogP contribution in [0.3, 0.4) is 0 Å². The van der Waals surface area contributed by atoms with E-state index >= 15 is 0 Å². The molecule has 0 radical (unpaired) electrons. The minimum absolute atomic E-state index is 0.0621. The number of esters is 2. The number of hydrogen-bond donors (Lipinski definition) is 0. The molecule has 3 fully saturated rings. The lowest BCUT2D eigenvalue weighted by molar-refractivity contribution is -0.157. The summed E-state index contributed by atoms with van der Waals surface area (Å²) < 4.78 is 11.3. The van der Waals surface area contributed by atoms with Crippen LogP contribution in [0.25, 0.3) is 0 Å². The molecule has 4 aliphatic rings. The van der Waals surface area contributed by atoms with E-state index in [1.165, 1.54) is 25.3 Å². The third kappa shape index (κ3) is 3.03. The molecule has 0 aromatic rings. The molecule has 0 aliphatic heterocycles. The number of carbonyl (C=O) groups is 2. The van der Waals surface area contributed by atoms with E-state index in [0.717, 1.165) is 38.5 Å². The number of allylic oxidation sites excluding steroid dienone is 1. The maximum Gasteiger partial charge on any atom is 0.302 e. The Morgan fingerprint density at radius 2 is 1.70 bits per heavy atom. The number of fused-ring (bicyclic) bond motifs is 5. The minimum Gasteiger partial charge on any atom is -0.462 e. The van der Waals surface area contributed by atoms with Crippen LogP contribution in [-0.2, 0) is 19.1 Å². The number of rotatable bonds is 2. The van der Waals surface area contributed by atoms with Gasteiger partial charge in [-0.3, -0.25) is 9.59 Å². The highest BCUT2D eigenvalue weighted by atomic mass is 16.5. The summed E-state index contributed by atoms with van der Waals surface area (Å²) in [6.45, 7) is 7.88. The predicted molar refractivity (Wildman–Crippen MR) is 103 cm³/mol. The number of ether oxygens (including phenoxy) is 2. The van der Waals surface area contributed by atoms with Crippen LogP contribution < -0.4 is 0 Å². The monoisotopic (exact) mass is 374 g/mol. The van der Waals surface area contributed by atoms with Gasteiger partial charge in [0.1, 0.15) is 12.2 Å². The van der Waals surface area contributed by atoms with E-state index in [1.807, 2.05) is 0 Å². The van der Waals surface area contributed by atoms with Gasteiger partial charge in [-0.25, -0.2) is 0 Å². The van der Waals surface area contributed by atoms with Crippen LogP contribution in [0.2, 0.25) is 0 Å². The summed E-state index contributed by atoms with van der Waals surface area (Å²) in [7, 11) is 0. The highest BCUT2D eigenvalue weighted by Crippen LogP contribution is 2.65. The Hall–Kier alpha value is -1.32.